The van der Waals surface area contributed by atoms with Gasteiger partial charge in [-0.15, -0.1) is 0 Å². The summed E-state index contributed by atoms with van der Waals surface area (Å²) in [6.07, 6.45) is -1.11. The van der Waals surface area contributed by atoms with Crippen molar-refractivity contribution in [3.05, 3.63) is 11.6 Å². The fourth-order valence-corrected chi connectivity index (χ4v) is 12.7. The Morgan fingerprint density at radius 3 is 2.31 bits per heavy atom. The zero-order valence-corrected chi connectivity index (χ0v) is 31.0. The summed E-state index contributed by atoms with van der Waals surface area (Å²) < 4.78 is 30.7. The Kier molecular flexibility index (Phi) is 9.83. The maximum absolute atomic E-state index is 11.1. The van der Waals surface area contributed by atoms with Crippen LogP contribution < -0.4 is 5.32 Å². The van der Waals surface area contributed by atoms with E-state index < -0.39 is 68.0 Å². The van der Waals surface area contributed by atoms with Crippen molar-refractivity contribution in [1.82, 2.24) is 5.32 Å². The molecule has 4 aliphatic carbocycles. The molecule has 51 heavy (non-hydrogen) atoms. The number of aliphatic hydroxyl groups excluding tert-OH is 6. The summed E-state index contributed by atoms with van der Waals surface area (Å²) in [6.45, 7) is 11.9. The Labute approximate surface area is 302 Å². The maximum Gasteiger partial charge on any atom is 0.187 e. The van der Waals surface area contributed by atoms with Gasteiger partial charge in [0.15, 0.2) is 12.6 Å². The predicted molar refractivity (Wildman–Crippen MR) is 184 cm³/mol. The molecule has 0 unspecified atom stereocenters. The maximum atomic E-state index is 11.1. The Morgan fingerprint density at radius 1 is 0.843 bits per heavy atom. The molecule has 0 aromatic rings. The lowest BCUT2D eigenvalue weighted by atomic mass is 9.47. The molecular weight excluding hydrogens is 658 g/mol. The summed E-state index contributed by atoms with van der Waals surface area (Å²) in [4.78, 5) is 0. The van der Waals surface area contributed by atoms with Gasteiger partial charge in [-0.3, -0.25) is 5.32 Å². The van der Waals surface area contributed by atoms with Gasteiger partial charge in [0.25, 0.3) is 0 Å². The zero-order chi connectivity index (χ0) is 36.2. The lowest BCUT2D eigenvalue weighted by molar-refractivity contribution is -0.360. The van der Waals surface area contributed by atoms with Gasteiger partial charge in [-0.05, 0) is 105 Å². The van der Waals surface area contributed by atoms with Crippen LogP contribution >= 0.6 is 0 Å². The van der Waals surface area contributed by atoms with Crippen LogP contribution in [0, 0.1) is 46.3 Å². The van der Waals surface area contributed by atoms with E-state index in [2.05, 4.69) is 39.1 Å². The number of ether oxygens (including phenoxy) is 5. The molecule has 4 heterocycles. The van der Waals surface area contributed by atoms with Crippen LogP contribution in [0.3, 0.4) is 0 Å². The van der Waals surface area contributed by atoms with Gasteiger partial charge in [-0.1, -0.05) is 39.3 Å². The predicted octanol–water partition coefficient (Wildman–Crippen LogP) is 1.96. The van der Waals surface area contributed by atoms with E-state index in [1.54, 1.807) is 0 Å². The van der Waals surface area contributed by atoms with Crippen molar-refractivity contribution in [2.24, 2.45) is 46.3 Å². The normalized spacial score (nSPS) is 58.4. The van der Waals surface area contributed by atoms with Crippen LogP contribution in [0.5, 0.6) is 0 Å². The highest BCUT2D eigenvalue weighted by atomic mass is 16.7. The number of hydrogen-bond acceptors (Lipinski definition) is 12. The van der Waals surface area contributed by atoms with Crippen molar-refractivity contribution >= 4 is 0 Å². The van der Waals surface area contributed by atoms with E-state index in [0.717, 1.165) is 38.6 Å². The van der Waals surface area contributed by atoms with Gasteiger partial charge in [0.05, 0.1) is 24.9 Å². The first-order valence-corrected chi connectivity index (χ1v) is 20.0. The van der Waals surface area contributed by atoms with Crippen LogP contribution in [0.15, 0.2) is 11.6 Å². The molecule has 21 atom stereocenters. The van der Waals surface area contributed by atoms with Gasteiger partial charge in [0.1, 0.15) is 48.5 Å². The molecule has 4 aliphatic heterocycles. The Bertz CT molecular complexity index is 1310. The average Bonchev–Trinajstić information content (AvgIpc) is 3.56. The van der Waals surface area contributed by atoms with Crippen molar-refractivity contribution in [3.63, 3.8) is 0 Å². The quantitative estimate of drug-likeness (QED) is 0.206. The Morgan fingerprint density at radius 2 is 1.59 bits per heavy atom. The second-order valence-electron chi connectivity index (χ2n) is 18.4. The molecule has 12 heteroatoms. The summed E-state index contributed by atoms with van der Waals surface area (Å²) >= 11 is 0. The van der Waals surface area contributed by atoms with Gasteiger partial charge in [-0.2, -0.15) is 0 Å². The first-order chi connectivity index (χ1) is 24.2. The van der Waals surface area contributed by atoms with Gasteiger partial charge < -0.3 is 54.3 Å². The molecule has 0 bridgehead atoms. The summed E-state index contributed by atoms with van der Waals surface area (Å²) in [5.41, 5.74) is 1.66. The lowest BCUT2D eigenvalue weighted by Gasteiger charge is -2.59. The average molecular weight is 722 g/mol. The monoisotopic (exact) mass is 721 g/mol. The van der Waals surface area contributed by atoms with Crippen molar-refractivity contribution in [3.8, 4) is 0 Å². The van der Waals surface area contributed by atoms with Gasteiger partial charge in [-0.25, -0.2) is 0 Å². The number of allylic oxidation sites excluding steroid dienone is 1. The summed E-state index contributed by atoms with van der Waals surface area (Å²) in [5.74, 6) is 3.74. The van der Waals surface area contributed by atoms with E-state index in [1.165, 1.54) is 38.2 Å². The first-order valence-electron chi connectivity index (χ1n) is 20.0. The van der Waals surface area contributed by atoms with E-state index in [-0.39, 0.29) is 17.2 Å². The molecule has 0 aromatic heterocycles. The van der Waals surface area contributed by atoms with Crippen molar-refractivity contribution in [2.45, 2.75) is 172 Å². The number of piperidine rings is 1. The lowest BCUT2D eigenvalue weighted by Crippen LogP contribution is -2.64. The highest BCUT2D eigenvalue weighted by Gasteiger charge is 2.68. The van der Waals surface area contributed by atoms with E-state index >= 15 is 0 Å². The fourth-order valence-electron chi connectivity index (χ4n) is 12.7. The fraction of sp³-hybridized carbons (Fsp3) is 0.949. The molecule has 0 amide bonds. The summed E-state index contributed by atoms with van der Waals surface area (Å²) in [7, 11) is 0. The SMILES string of the molecule is C[C@@H]1CC[C@]2(NC1)O[C@H]1C[C@H]3[C@@H]4CC=C5C[C@H](O[C@@H]6O[C@H](CO)[C@@H](O[C@@H]7O[C@@H](C)[C@H](O)[C@@H](O)[C@H]7O)[C@H](O)[C@H]6O)CC[C@]5(C)[C@H]4CC[C@]3(C)[C@H]1[C@@H]2C. The minimum absolute atomic E-state index is 0.0881. The molecule has 8 rings (SSSR count). The van der Waals surface area contributed by atoms with Crippen LogP contribution in [0.25, 0.3) is 0 Å². The summed E-state index contributed by atoms with van der Waals surface area (Å²) in [5, 5.41) is 67.0. The molecule has 12 nitrogen and oxygen atoms in total. The Hall–Kier alpha value is -0.740. The number of nitrogens with one attached hydrogen (secondary N) is 1. The summed E-state index contributed by atoms with van der Waals surface area (Å²) in [6, 6.07) is 0. The van der Waals surface area contributed by atoms with Gasteiger partial charge >= 0.3 is 0 Å². The second-order valence-corrected chi connectivity index (χ2v) is 18.4. The van der Waals surface area contributed by atoms with Crippen LogP contribution in [0.4, 0.5) is 0 Å². The number of rotatable bonds is 5. The van der Waals surface area contributed by atoms with Crippen LogP contribution in [0.1, 0.15) is 92.4 Å². The first kappa shape index (κ1) is 37.2. The molecule has 3 saturated carbocycles. The van der Waals surface area contributed by atoms with E-state index in [4.69, 9.17) is 23.7 Å². The van der Waals surface area contributed by atoms with Crippen LogP contribution in [0.2, 0.25) is 0 Å². The smallest absolute Gasteiger partial charge is 0.187 e. The van der Waals surface area contributed by atoms with E-state index in [0.29, 0.717) is 47.0 Å². The second kappa shape index (κ2) is 13.5. The number of fused-ring (bicyclic) bond motifs is 7. The number of aliphatic hydroxyl groups is 6. The van der Waals surface area contributed by atoms with Gasteiger partial charge in [0.2, 0.25) is 0 Å². The highest BCUT2D eigenvalue weighted by Crippen LogP contribution is 2.70. The minimum atomic E-state index is -1.60. The van der Waals surface area contributed by atoms with E-state index in [1.807, 2.05) is 0 Å². The molecule has 7 N–H and O–H groups in total. The molecule has 8 aliphatic rings. The molecule has 4 saturated heterocycles. The molecule has 0 aromatic carbocycles. The van der Waals surface area contributed by atoms with Crippen molar-refractivity contribution in [2.75, 3.05) is 13.2 Å². The molecule has 290 valence electrons. The van der Waals surface area contributed by atoms with Crippen LogP contribution in [-0.4, -0.2) is 123 Å². The third kappa shape index (κ3) is 5.84. The standard InChI is InChI=1S/C39H63NO11/c1-18-8-13-39(40-16-18)19(2)28-26(51-39)15-25-23-7-6-21-14-22(9-11-37(21,4)24(23)10-12-38(25,28)5)48-36-33(46)31(44)34(27(17-41)49-36)50-35-32(45)30(43)29(42)20(3)47-35/h6,18-20,22-36,40-46H,7-17H2,1-5H3/t18-,19+,20+,22-,23-,24+,25+,26+,27-,28+,29+,30-,31-,32-,33-,34-,35+,36-,37+,38+,39+/m1/s1. The van der Waals surface area contributed by atoms with Gasteiger partial charge in [0, 0.05) is 12.5 Å². The minimum Gasteiger partial charge on any atom is -0.394 e. The third-order valence-corrected chi connectivity index (χ3v) is 15.8. The van der Waals surface area contributed by atoms with E-state index in [9.17, 15) is 30.6 Å². The highest BCUT2D eigenvalue weighted by molar-refractivity contribution is 5.26. The molecule has 7 fully saturated rings. The third-order valence-electron chi connectivity index (χ3n) is 15.8. The number of hydrogen-bond donors (Lipinski definition) is 7. The van der Waals surface area contributed by atoms with Crippen LogP contribution in [-0.2, 0) is 23.7 Å². The zero-order valence-electron chi connectivity index (χ0n) is 31.0. The molecule has 1 spiro atoms. The molecule has 0 radical (unpaired) electrons. The topological polar surface area (TPSA) is 180 Å². The molecular formula is C39H63NO11. The largest absolute Gasteiger partial charge is 0.394 e. The van der Waals surface area contributed by atoms with Crippen molar-refractivity contribution < 1.29 is 54.3 Å². The van der Waals surface area contributed by atoms with Crippen molar-refractivity contribution in [1.29, 1.82) is 0 Å². The Balaban J connectivity index is 0.915.